The zero-order chi connectivity index (χ0) is 14.4. The summed E-state index contributed by atoms with van der Waals surface area (Å²) in [6.07, 6.45) is 0. The van der Waals surface area contributed by atoms with Gasteiger partial charge in [0.05, 0.1) is 18.2 Å². The van der Waals surface area contributed by atoms with Gasteiger partial charge in [-0.05, 0) is 18.1 Å². The summed E-state index contributed by atoms with van der Waals surface area (Å²) in [5.41, 5.74) is 1.14. The van der Waals surface area contributed by atoms with E-state index in [-0.39, 0.29) is 12.6 Å². The van der Waals surface area contributed by atoms with E-state index in [9.17, 15) is 5.11 Å². The topological polar surface area (TPSA) is 52.5 Å². The summed E-state index contributed by atoms with van der Waals surface area (Å²) >= 11 is 0. The van der Waals surface area contributed by atoms with E-state index in [0.29, 0.717) is 6.54 Å². The Morgan fingerprint density at radius 3 is 1.80 bits per heavy atom. The van der Waals surface area contributed by atoms with Gasteiger partial charge in [0.25, 0.3) is 0 Å². The molecule has 0 spiro atoms. The molecule has 2 aromatic rings. The number of aliphatic hydroxyl groups is 2. The maximum absolute atomic E-state index is 9.95. The summed E-state index contributed by atoms with van der Waals surface area (Å²) in [6.45, 7) is 1.67. The van der Waals surface area contributed by atoms with E-state index in [1.54, 1.807) is 6.92 Å². The van der Waals surface area contributed by atoms with Crippen LogP contribution in [0.25, 0.3) is 0 Å². The minimum absolute atomic E-state index is 0.00424. The fourth-order valence-corrected chi connectivity index (χ4v) is 2.10. The molecule has 0 heterocycles. The second-order valence-electron chi connectivity index (χ2n) is 5.29. The fourth-order valence-electron chi connectivity index (χ4n) is 2.10. The quantitative estimate of drug-likeness (QED) is 0.754. The van der Waals surface area contributed by atoms with Crippen LogP contribution in [0.2, 0.25) is 0 Å². The van der Waals surface area contributed by atoms with Crippen molar-refractivity contribution in [1.29, 1.82) is 0 Å². The average Bonchev–Trinajstić information content (AvgIpc) is 2.49. The summed E-state index contributed by atoms with van der Waals surface area (Å²) in [4.78, 5) is 0. The summed E-state index contributed by atoms with van der Waals surface area (Å²) < 4.78 is 0. The van der Waals surface area contributed by atoms with Crippen LogP contribution in [0, 0.1) is 0 Å². The molecule has 0 fully saturated rings. The van der Waals surface area contributed by atoms with Crippen molar-refractivity contribution in [2.24, 2.45) is 0 Å². The highest BCUT2D eigenvalue weighted by molar-refractivity contribution is 5.31. The van der Waals surface area contributed by atoms with Crippen molar-refractivity contribution in [3.63, 3.8) is 0 Å². The molecule has 0 aliphatic rings. The summed E-state index contributed by atoms with van der Waals surface area (Å²) in [6, 6.07) is 20.2. The molecule has 2 rings (SSSR count). The van der Waals surface area contributed by atoms with Crippen molar-refractivity contribution in [2.45, 2.75) is 18.6 Å². The van der Waals surface area contributed by atoms with Crippen LogP contribution in [-0.2, 0) is 0 Å². The van der Waals surface area contributed by atoms with Gasteiger partial charge in [0.2, 0.25) is 0 Å². The largest absolute Gasteiger partial charge is 0.393 e. The summed E-state index contributed by atoms with van der Waals surface area (Å²) in [5, 5.41) is 22.4. The van der Waals surface area contributed by atoms with E-state index in [2.05, 4.69) is 29.6 Å². The minimum atomic E-state index is -1.12. The van der Waals surface area contributed by atoms with Crippen LogP contribution in [0.5, 0.6) is 0 Å². The SMILES string of the molecule is CC(O)(CO)CNC(c1ccccc1)c1ccccc1. The Hall–Kier alpha value is -1.68. The maximum atomic E-state index is 9.95. The Labute approximate surface area is 119 Å². The molecule has 20 heavy (non-hydrogen) atoms. The van der Waals surface area contributed by atoms with Crippen LogP contribution in [0.3, 0.4) is 0 Å². The van der Waals surface area contributed by atoms with Gasteiger partial charge in [0.1, 0.15) is 0 Å². The Bertz CT molecular complexity index is 472. The number of nitrogens with one attached hydrogen (secondary N) is 1. The normalized spacial score (nSPS) is 14.2. The third-order valence-corrected chi connectivity index (χ3v) is 3.29. The summed E-state index contributed by atoms with van der Waals surface area (Å²) in [7, 11) is 0. The molecule has 1 unspecified atom stereocenters. The first-order valence-electron chi connectivity index (χ1n) is 6.79. The molecular formula is C17H21NO2. The molecule has 3 N–H and O–H groups in total. The van der Waals surface area contributed by atoms with E-state index >= 15 is 0 Å². The van der Waals surface area contributed by atoms with Crippen LogP contribution >= 0.6 is 0 Å². The second-order valence-corrected chi connectivity index (χ2v) is 5.29. The first-order valence-corrected chi connectivity index (χ1v) is 6.79. The molecule has 3 nitrogen and oxygen atoms in total. The van der Waals surface area contributed by atoms with Gasteiger partial charge < -0.3 is 15.5 Å². The Kier molecular flexibility index (Phi) is 4.90. The van der Waals surface area contributed by atoms with Crippen molar-refractivity contribution in [3.05, 3.63) is 71.8 Å². The molecular weight excluding hydrogens is 250 g/mol. The predicted molar refractivity (Wildman–Crippen MR) is 80.4 cm³/mol. The molecule has 1 atom stereocenters. The van der Waals surface area contributed by atoms with Crippen molar-refractivity contribution in [2.75, 3.05) is 13.2 Å². The molecule has 0 saturated heterocycles. The van der Waals surface area contributed by atoms with Crippen molar-refractivity contribution in [1.82, 2.24) is 5.32 Å². The van der Waals surface area contributed by atoms with Crippen LogP contribution < -0.4 is 5.32 Å². The maximum Gasteiger partial charge on any atom is 0.0973 e. The smallest absolute Gasteiger partial charge is 0.0973 e. The van der Waals surface area contributed by atoms with Gasteiger partial charge >= 0.3 is 0 Å². The second kappa shape index (κ2) is 6.66. The van der Waals surface area contributed by atoms with Crippen LogP contribution in [0.1, 0.15) is 24.1 Å². The van der Waals surface area contributed by atoms with Gasteiger partial charge in [-0.25, -0.2) is 0 Å². The van der Waals surface area contributed by atoms with E-state index in [4.69, 9.17) is 5.11 Å². The highest BCUT2D eigenvalue weighted by Crippen LogP contribution is 2.22. The van der Waals surface area contributed by atoms with Crippen molar-refractivity contribution < 1.29 is 10.2 Å². The molecule has 2 aromatic carbocycles. The van der Waals surface area contributed by atoms with Gasteiger partial charge in [-0.3, -0.25) is 0 Å². The monoisotopic (exact) mass is 271 g/mol. The van der Waals surface area contributed by atoms with Gasteiger partial charge in [-0.15, -0.1) is 0 Å². The molecule has 106 valence electrons. The van der Waals surface area contributed by atoms with Crippen LogP contribution in [0.15, 0.2) is 60.7 Å². The standard InChI is InChI=1S/C17H21NO2/c1-17(20,13-19)12-18-16(14-8-4-2-5-9-14)15-10-6-3-7-11-15/h2-11,16,18-20H,12-13H2,1H3. The number of aliphatic hydroxyl groups excluding tert-OH is 1. The molecule has 0 amide bonds. The third-order valence-electron chi connectivity index (χ3n) is 3.29. The van der Waals surface area contributed by atoms with Gasteiger partial charge in [0.15, 0.2) is 0 Å². The lowest BCUT2D eigenvalue weighted by Gasteiger charge is -2.26. The van der Waals surface area contributed by atoms with E-state index in [1.807, 2.05) is 36.4 Å². The van der Waals surface area contributed by atoms with Gasteiger partial charge in [0, 0.05) is 6.54 Å². The molecule has 0 aliphatic carbocycles. The van der Waals surface area contributed by atoms with E-state index in [1.165, 1.54) is 0 Å². The highest BCUT2D eigenvalue weighted by Gasteiger charge is 2.22. The van der Waals surface area contributed by atoms with Crippen LogP contribution in [0.4, 0.5) is 0 Å². The van der Waals surface area contributed by atoms with E-state index < -0.39 is 5.60 Å². The van der Waals surface area contributed by atoms with Crippen molar-refractivity contribution in [3.8, 4) is 0 Å². The minimum Gasteiger partial charge on any atom is -0.393 e. The van der Waals surface area contributed by atoms with Gasteiger partial charge in [-0.2, -0.15) is 0 Å². The predicted octanol–water partition coefficient (Wildman–Crippen LogP) is 2.11. The highest BCUT2D eigenvalue weighted by atomic mass is 16.3. The lowest BCUT2D eigenvalue weighted by atomic mass is 9.97. The molecule has 0 bridgehead atoms. The average molecular weight is 271 g/mol. The van der Waals surface area contributed by atoms with Gasteiger partial charge in [-0.1, -0.05) is 60.7 Å². The molecule has 0 aromatic heterocycles. The number of hydrogen-bond acceptors (Lipinski definition) is 3. The van der Waals surface area contributed by atoms with Crippen LogP contribution in [-0.4, -0.2) is 29.0 Å². The Balaban J connectivity index is 2.22. The lowest BCUT2D eigenvalue weighted by molar-refractivity contribution is 0.00149. The fraction of sp³-hybridized carbons (Fsp3) is 0.294. The van der Waals surface area contributed by atoms with Crippen molar-refractivity contribution >= 4 is 0 Å². The summed E-state index contributed by atoms with van der Waals surface area (Å²) in [5.74, 6) is 0. The third kappa shape index (κ3) is 3.90. The number of hydrogen-bond donors (Lipinski definition) is 3. The molecule has 3 heteroatoms. The molecule has 0 radical (unpaired) electrons. The first-order chi connectivity index (χ1) is 9.62. The van der Waals surface area contributed by atoms with E-state index in [0.717, 1.165) is 11.1 Å². The Morgan fingerprint density at radius 2 is 1.40 bits per heavy atom. The molecule has 0 aliphatic heterocycles. The number of rotatable bonds is 6. The lowest BCUT2D eigenvalue weighted by Crippen LogP contribution is -2.42. The zero-order valence-corrected chi connectivity index (χ0v) is 11.7. The molecule has 0 saturated carbocycles. The number of benzene rings is 2. The Morgan fingerprint density at radius 1 is 0.950 bits per heavy atom. The zero-order valence-electron chi connectivity index (χ0n) is 11.7. The first kappa shape index (κ1) is 14.7.